The van der Waals surface area contributed by atoms with Gasteiger partial charge in [-0.25, -0.2) is 0 Å². The van der Waals surface area contributed by atoms with E-state index < -0.39 is 28.3 Å². The van der Waals surface area contributed by atoms with Crippen LogP contribution in [-0.4, -0.2) is 23.9 Å². The highest BCUT2D eigenvalue weighted by Gasteiger charge is 2.32. The van der Waals surface area contributed by atoms with Gasteiger partial charge in [0.2, 0.25) is 0 Å². The van der Waals surface area contributed by atoms with Crippen LogP contribution in [0.5, 0.6) is 0 Å². The molecule has 140 valence electrons. The van der Waals surface area contributed by atoms with E-state index in [1.165, 1.54) is 24.3 Å². The van der Waals surface area contributed by atoms with Crippen molar-refractivity contribution in [3.8, 4) is 6.07 Å². The van der Waals surface area contributed by atoms with Gasteiger partial charge in [-0.05, 0) is 36.4 Å². The van der Waals surface area contributed by atoms with Crippen LogP contribution in [0, 0.1) is 21.4 Å². The van der Waals surface area contributed by atoms with Crippen LogP contribution in [0.15, 0.2) is 42.5 Å². The number of rotatable bonds is 6. The number of carbonyl (C=O) groups excluding carboxylic acids is 1. The number of nitrogens with zero attached hydrogens (tertiary/aromatic N) is 2. The summed E-state index contributed by atoms with van der Waals surface area (Å²) in [4.78, 5) is 22.0. The van der Waals surface area contributed by atoms with Gasteiger partial charge in [0.1, 0.15) is 5.69 Å². The Morgan fingerprint density at radius 3 is 2.37 bits per heavy atom. The predicted octanol–water partition coefficient (Wildman–Crippen LogP) is 3.33. The number of nitro groups is 1. The quantitative estimate of drug-likeness (QED) is 0.455. The van der Waals surface area contributed by atoms with Crippen molar-refractivity contribution < 1.29 is 22.9 Å². The molecule has 2 N–H and O–H groups in total. The van der Waals surface area contributed by atoms with E-state index in [0.717, 1.165) is 12.1 Å². The number of benzene rings is 2. The van der Waals surface area contributed by atoms with Crippen molar-refractivity contribution in [2.75, 3.05) is 18.4 Å². The largest absolute Gasteiger partial charge is 0.416 e. The van der Waals surface area contributed by atoms with Gasteiger partial charge in [0.15, 0.2) is 0 Å². The zero-order valence-electron chi connectivity index (χ0n) is 13.7. The molecule has 0 saturated heterocycles. The number of amides is 1. The summed E-state index contributed by atoms with van der Waals surface area (Å²) in [5, 5.41) is 24.9. The summed E-state index contributed by atoms with van der Waals surface area (Å²) in [5.41, 5.74) is -1.17. The van der Waals surface area contributed by atoms with Gasteiger partial charge in [-0.1, -0.05) is 0 Å². The third-order valence-corrected chi connectivity index (χ3v) is 3.52. The van der Waals surface area contributed by atoms with E-state index >= 15 is 0 Å². The van der Waals surface area contributed by atoms with Gasteiger partial charge in [0, 0.05) is 24.7 Å². The van der Waals surface area contributed by atoms with E-state index in [4.69, 9.17) is 5.26 Å². The smallest absolute Gasteiger partial charge is 0.378 e. The maximum atomic E-state index is 12.7. The average Bonchev–Trinajstić information content (AvgIpc) is 2.64. The van der Waals surface area contributed by atoms with Gasteiger partial charge in [-0.3, -0.25) is 14.9 Å². The highest BCUT2D eigenvalue weighted by Crippen LogP contribution is 2.34. The fourth-order valence-electron chi connectivity index (χ4n) is 2.18. The summed E-state index contributed by atoms with van der Waals surface area (Å²) in [6, 6.07) is 10.0. The third kappa shape index (κ3) is 5.18. The summed E-state index contributed by atoms with van der Waals surface area (Å²) in [7, 11) is 0. The minimum absolute atomic E-state index is 0.0637. The Morgan fingerprint density at radius 2 is 1.81 bits per heavy atom. The van der Waals surface area contributed by atoms with E-state index in [9.17, 15) is 28.1 Å². The second kappa shape index (κ2) is 8.18. The SMILES string of the molecule is N#Cc1ccc(C(=O)NCCNc2ccc(C(F)(F)F)cc2[N+](=O)[O-])cc1. The maximum absolute atomic E-state index is 12.7. The summed E-state index contributed by atoms with van der Waals surface area (Å²) < 4.78 is 38.0. The van der Waals surface area contributed by atoms with Crippen LogP contribution in [-0.2, 0) is 6.18 Å². The minimum Gasteiger partial charge on any atom is -0.378 e. The van der Waals surface area contributed by atoms with Gasteiger partial charge < -0.3 is 10.6 Å². The van der Waals surface area contributed by atoms with Gasteiger partial charge in [-0.2, -0.15) is 18.4 Å². The molecular weight excluding hydrogens is 365 g/mol. The molecule has 0 aliphatic rings. The summed E-state index contributed by atoms with van der Waals surface area (Å²) in [6.07, 6.45) is -4.68. The lowest BCUT2D eigenvalue weighted by Gasteiger charge is -2.11. The van der Waals surface area contributed by atoms with Crippen LogP contribution in [0.3, 0.4) is 0 Å². The average molecular weight is 378 g/mol. The standard InChI is InChI=1S/C17H13F3N4O3/c18-17(19,20)13-5-6-14(15(9-13)24(26)27)22-7-8-23-16(25)12-3-1-11(10-21)2-4-12/h1-6,9,22H,7-8H2,(H,23,25). The molecule has 27 heavy (non-hydrogen) atoms. The molecule has 0 bridgehead atoms. The first-order chi connectivity index (χ1) is 12.7. The molecule has 0 radical (unpaired) electrons. The van der Waals surface area contributed by atoms with E-state index in [1.807, 2.05) is 6.07 Å². The molecule has 2 rings (SSSR count). The molecule has 0 unspecified atom stereocenters. The van der Waals surface area contributed by atoms with Crippen LogP contribution < -0.4 is 10.6 Å². The van der Waals surface area contributed by atoms with Crippen molar-refractivity contribution in [2.24, 2.45) is 0 Å². The lowest BCUT2D eigenvalue weighted by Crippen LogP contribution is -2.28. The Labute approximate surface area is 151 Å². The summed E-state index contributed by atoms with van der Waals surface area (Å²) >= 11 is 0. The monoisotopic (exact) mass is 378 g/mol. The van der Waals surface area contributed by atoms with Gasteiger partial charge >= 0.3 is 6.18 Å². The molecule has 0 aromatic heterocycles. The second-order valence-electron chi connectivity index (χ2n) is 5.36. The first kappa shape index (κ1) is 19.7. The molecule has 0 aliphatic carbocycles. The molecule has 0 fully saturated rings. The third-order valence-electron chi connectivity index (χ3n) is 3.52. The Kier molecular flexibility index (Phi) is 5.97. The number of anilines is 1. The Balaban J connectivity index is 1.95. The number of nitriles is 1. The molecule has 0 aliphatic heterocycles. The minimum atomic E-state index is -4.68. The van der Waals surface area contributed by atoms with Crippen LogP contribution in [0.1, 0.15) is 21.5 Å². The number of hydrogen-bond acceptors (Lipinski definition) is 5. The van der Waals surface area contributed by atoms with Crippen molar-refractivity contribution in [3.63, 3.8) is 0 Å². The zero-order chi connectivity index (χ0) is 20.0. The van der Waals surface area contributed by atoms with Crippen molar-refractivity contribution >= 4 is 17.3 Å². The van der Waals surface area contributed by atoms with Crippen molar-refractivity contribution in [2.45, 2.75) is 6.18 Å². The molecule has 10 heteroatoms. The van der Waals surface area contributed by atoms with Crippen molar-refractivity contribution in [1.29, 1.82) is 5.26 Å². The van der Waals surface area contributed by atoms with E-state index in [0.29, 0.717) is 17.2 Å². The Bertz CT molecular complexity index is 890. The van der Waals surface area contributed by atoms with Crippen LogP contribution in [0.2, 0.25) is 0 Å². The van der Waals surface area contributed by atoms with Gasteiger partial charge in [0.05, 0.1) is 22.1 Å². The molecule has 0 heterocycles. The number of carbonyl (C=O) groups is 1. The molecule has 0 atom stereocenters. The predicted molar refractivity (Wildman–Crippen MR) is 90.1 cm³/mol. The molecule has 1 amide bonds. The first-order valence-corrected chi connectivity index (χ1v) is 7.60. The lowest BCUT2D eigenvalue weighted by atomic mass is 10.1. The number of hydrogen-bond donors (Lipinski definition) is 2. The molecular formula is C17H13F3N4O3. The highest BCUT2D eigenvalue weighted by molar-refractivity contribution is 5.94. The Morgan fingerprint density at radius 1 is 1.15 bits per heavy atom. The number of halogens is 3. The maximum Gasteiger partial charge on any atom is 0.416 e. The van der Waals surface area contributed by atoms with Crippen LogP contribution in [0.25, 0.3) is 0 Å². The molecule has 7 nitrogen and oxygen atoms in total. The first-order valence-electron chi connectivity index (χ1n) is 7.60. The number of alkyl halides is 3. The Hall–Kier alpha value is -3.61. The zero-order valence-corrected chi connectivity index (χ0v) is 13.7. The summed E-state index contributed by atoms with van der Waals surface area (Å²) in [5.74, 6) is -0.414. The van der Waals surface area contributed by atoms with Gasteiger partial charge in [0.25, 0.3) is 11.6 Å². The van der Waals surface area contributed by atoms with E-state index in [-0.39, 0.29) is 18.8 Å². The lowest BCUT2D eigenvalue weighted by molar-refractivity contribution is -0.384. The van der Waals surface area contributed by atoms with Crippen molar-refractivity contribution in [1.82, 2.24) is 5.32 Å². The normalized spacial score (nSPS) is 10.7. The number of nitrogens with one attached hydrogen (secondary N) is 2. The fraction of sp³-hybridized carbons (Fsp3) is 0.176. The second-order valence-corrected chi connectivity index (χ2v) is 5.36. The topological polar surface area (TPSA) is 108 Å². The molecule has 0 saturated carbocycles. The molecule has 2 aromatic carbocycles. The van der Waals surface area contributed by atoms with Crippen molar-refractivity contribution in [3.05, 3.63) is 69.3 Å². The van der Waals surface area contributed by atoms with Crippen LogP contribution >= 0.6 is 0 Å². The summed E-state index contributed by atoms with van der Waals surface area (Å²) in [6.45, 7) is 0.144. The fourth-order valence-corrected chi connectivity index (χ4v) is 2.18. The van der Waals surface area contributed by atoms with E-state index in [2.05, 4.69) is 10.6 Å². The number of nitro benzene ring substituents is 1. The molecule has 2 aromatic rings. The molecule has 0 spiro atoms. The van der Waals surface area contributed by atoms with E-state index in [1.54, 1.807) is 0 Å². The van der Waals surface area contributed by atoms with Gasteiger partial charge in [-0.15, -0.1) is 0 Å². The van der Waals surface area contributed by atoms with Crippen LogP contribution in [0.4, 0.5) is 24.5 Å². The highest BCUT2D eigenvalue weighted by atomic mass is 19.4.